The van der Waals surface area contributed by atoms with E-state index in [0.717, 1.165) is 24.3 Å². The van der Waals surface area contributed by atoms with Gasteiger partial charge in [-0.2, -0.15) is 0 Å². The van der Waals surface area contributed by atoms with E-state index < -0.39 is 0 Å². The summed E-state index contributed by atoms with van der Waals surface area (Å²) in [6, 6.07) is 2.35. The molecule has 1 atom stereocenters. The van der Waals surface area contributed by atoms with Crippen LogP contribution in [0.1, 0.15) is 18.9 Å². The van der Waals surface area contributed by atoms with Gasteiger partial charge >= 0.3 is 0 Å². The van der Waals surface area contributed by atoms with Gasteiger partial charge in [0, 0.05) is 6.04 Å². The SMILES string of the molecule is Cc1cc(N)cnc1NC(C)CCN(C)C. The van der Waals surface area contributed by atoms with E-state index in [1.54, 1.807) is 6.20 Å². The minimum atomic E-state index is 0.414. The third kappa shape index (κ3) is 4.06. The van der Waals surface area contributed by atoms with Crippen molar-refractivity contribution in [1.82, 2.24) is 9.88 Å². The Morgan fingerprint density at radius 3 is 2.75 bits per heavy atom. The fourth-order valence-corrected chi connectivity index (χ4v) is 1.51. The van der Waals surface area contributed by atoms with Crippen LogP contribution < -0.4 is 11.1 Å². The summed E-state index contributed by atoms with van der Waals surface area (Å²) in [5.74, 6) is 0.931. The zero-order chi connectivity index (χ0) is 12.1. The highest BCUT2D eigenvalue weighted by molar-refractivity contribution is 5.51. The number of hydrogen-bond donors (Lipinski definition) is 2. The molecule has 16 heavy (non-hydrogen) atoms. The fourth-order valence-electron chi connectivity index (χ4n) is 1.51. The van der Waals surface area contributed by atoms with E-state index >= 15 is 0 Å². The van der Waals surface area contributed by atoms with Gasteiger partial charge in [-0.25, -0.2) is 4.98 Å². The molecule has 0 saturated carbocycles. The van der Waals surface area contributed by atoms with E-state index in [9.17, 15) is 0 Å². The van der Waals surface area contributed by atoms with Gasteiger partial charge < -0.3 is 16.0 Å². The van der Waals surface area contributed by atoms with Crippen molar-refractivity contribution in [3.63, 3.8) is 0 Å². The first-order valence-electron chi connectivity index (χ1n) is 5.62. The molecule has 0 radical (unpaired) electrons. The van der Waals surface area contributed by atoms with Crippen molar-refractivity contribution in [2.45, 2.75) is 26.3 Å². The minimum Gasteiger partial charge on any atom is -0.397 e. The molecule has 0 aliphatic heterocycles. The van der Waals surface area contributed by atoms with Gasteiger partial charge in [0.1, 0.15) is 5.82 Å². The number of nitrogens with one attached hydrogen (secondary N) is 1. The van der Waals surface area contributed by atoms with Gasteiger partial charge in [-0.1, -0.05) is 0 Å². The number of aromatic nitrogens is 1. The van der Waals surface area contributed by atoms with E-state index in [0.29, 0.717) is 11.7 Å². The summed E-state index contributed by atoms with van der Waals surface area (Å²) in [6.07, 6.45) is 2.78. The molecule has 0 aliphatic rings. The smallest absolute Gasteiger partial charge is 0.129 e. The van der Waals surface area contributed by atoms with Crippen LogP contribution in [0.25, 0.3) is 0 Å². The van der Waals surface area contributed by atoms with Crippen LogP contribution in [0.5, 0.6) is 0 Å². The summed E-state index contributed by atoms with van der Waals surface area (Å²) in [4.78, 5) is 6.48. The maximum absolute atomic E-state index is 5.66. The third-order valence-corrected chi connectivity index (χ3v) is 2.49. The molecule has 90 valence electrons. The molecule has 0 amide bonds. The molecule has 3 N–H and O–H groups in total. The van der Waals surface area contributed by atoms with Crippen molar-refractivity contribution in [2.24, 2.45) is 0 Å². The van der Waals surface area contributed by atoms with Crippen molar-refractivity contribution in [1.29, 1.82) is 0 Å². The highest BCUT2D eigenvalue weighted by atomic mass is 15.1. The average Bonchev–Trinajstić information content (AvgIpc) is 2.19. The zero-order valence-corrected chi connectivity index (χ0v) is 10.6. The number of hydrogen-bond acceptors (Lipinski definition) is 4. The number of nitrogens with zero attached hydrogens (tertiary/aromatic N) is 2. The predicted octanol–water partition coefficient (Wildman–Crippen LogP) is 1.72. The Labute approximate surface area is 97.9 Å². The molecule has 4 heteroatoms. The van der Waals surface area contributed by atoms with Crippen LogP contribution in [-0.2, 0) is 0 Å². The quantitative estimate of drug-likeness (QED) is 0.796. The fraction of sp³-hybridized carbons (Fsp3) is 0.583. The summed E-state index contributed by atoms with van der Waals surface area (Å²) in [6.45, 7) is 5.26. The number of aryl methyl sites for hydroxylation is 1. The molecular weight excluding hydrogens is 200 g/mol. The lowest BCUT2D eigenvalue weighted by molar-refractivity contribution is 0.390. The second-order valence-electron chi connectivity index (χ2n) is 4.57. The molecule has 0 aliphatic carbocycles. The Balaban J connectivity index is 2.52. The van der Waals surface area contributed by atoms with Gasteiger partial charge in [0.15, 0.2) is 0 Å². The Kier molecular flexibility index (Phi) is 4.55. The molecule has 1 aromatic heterocycles. The number of nitrogen functional groups attached to an aromatic ring is 1. The Hall–Kier alpha value is -1.29. The van der Waals surface area contributed by atoms with Crippen molar-refractivity contribution in [3.8, 4) is 0 Å². The first-order valence-corrected chi connectivity index (χ1v) is 5.62. The average molecular weight is 222 g/mol. The number of nitrogens with two attached hydrogens (primary N) is 1. The molecular formula is C12H22N4. The van der Waals surface area contributed by atoms with Crippen LogP contribution in [0, 0.1) is 6.92 Å². The Morgan fingerprint density at radius 1 is 1.50 bits per heavy atom. The van der Waals surface area contributed by atoms with Crippen molar-refractivity contribution >= 4 is 11.5 Å². The lowest BCUT2D eigenvalue weighted by atomic mass is 10.2. The highest BCUT2D eigenvalue weighted by Crippen LogP contribution is 2.15. The summed E-state index contributed by atoms with van der Waals surface area (Å²) in [7, 11) is 4.17. The Morgan fingerprint density at radius 2 is 2.19 bits per heavy atom. The second-order valence-corrected chi connectivity index (χ2v) is 4.57. The predicted molar refractivity (Wildman–Crippen MR) is 69.6 cm³/mol. The molecule has 1 aromatic rings. The summed E-state index contributed by atoms with van der Waals surface area (Å²) < 4.78 is 0. The van der Waals surface area contributed by atoms with Crippen LogP contribution in [0.15, 0.2) is 12.3 Å². The maximum Gasteiger partial charge on any atom is 0.129 e. The molecule has 1 unspecified atom stereocenters. The topological polar surface area (TPSA) is 54.2 Å². The molecule has 0 aromatic carbocycles. The van der Waals surface area contributed by atoms with E-state index in [1.807, 2.05) is 13.0 Å². The lowest BCUT2D eigenvalue weighted by Crippen LogP contribution is -2.23. The number of anilines is 2. The second kappa shape index (κ2) is 5.70. The summed E-state index contributed by atoms with van der Waals surface area (Å²) >= 11 is 0. The highest BCUT2D eigenvalue weighted by Gasteiger charge is 2.06. The van der Waals surface area contributed by atoms with Crippen molar-refractivity contribution in [3.05, 3.63) is 17.8 Å². The number of rotatable bonds is 5. The van der Waals surface area contributed by atoms with Crippen LogP contribution in [0.3, 0.4) is 0 Å². The van der Waals surface area contributed by atoms with Gasteiger partial charge in [-0.15, -0.1) is 0 Å². The molecule has 0 bridgehead atoms. The number of pyridine rings is 1. The lowest BCUT2D eigenvalue weighted by Gasteiger charge is -2.18. The molecule has 1 heterocycles. The van der Waals surface area contributed by atoms with Crippen LogP contribution >= 0.6 is 0 Å². The van der Waals surface area contributed by atoms with Gasteiger partial charge in [-0.3, -0.25) is 0 Å². The van der Waals surface area contributed by atoms with Gasteiger partial charge in [0.2, 0.25) is 0 Å². The molecule has 0 saturated heterocycles. The van der Waals surface area contributed by atoms with E-state index in [2.05, 4.69) is 36.2 Å². The van der Waals surface area contributed by atoms with Crippen molar-refractivity contribution < 1.29 is 0 Å². The monoisotopic (exact) mass is 222 g/mol. The normalized spacial score (nSPS) is 12.8. The third-order valence-electron chi connectivity index (χ3n) is 2.49. The molecule has 1 rings (SSSR count). The maximum atomic E-state index is 5.66. The standard InChI is InChI=1S/C12H22N4/c1-9-7-11(13)8-14-12(9)15-10(2)5-6-16(3)4/h7-8,10H,5-6,13H2,1-4H3,(H,14,15). The largest absolute Gasteiger partial charge is 0.397 e. The van der Waals surface area contributed by atoms with Crippen LogP contribution in [0.2, 0.25) is 0 Å². The van der Waals surface area contributed by atoms with Crippen LogP contribution in [-0.4, -0.2) is 36.6 Å². The first-order chi connectivity index (χ1) is 7.49. The van der Waals surface area contributed by atoms with E-state index in [-0.39, 0.29) is 0 Å². The molecule has 0 fully saturated rings. The summed E-state index contributed by atoms with van der Waals surface area (Å²) in [5, 5.41) is 3.40. The van der Waals surface area contributed by atoms with E-state index in [1.165, 1.54) is 0 Å². The van der Waals surface area contributed by atoms with Gasteiger partial charge in [0.05, 0.1) is 11.9 Å². The molecule has 4 nitrogen and oxygen atoms in total. The van der Waals surface area contributed by atoms with Gasteiger partial charge in [-0.05, 0) is 52.5 Å². The van der Waals surface area contributed by atoms with E-state index in [4.69, 9.17) is 5.73 Å². The summed E-state index contributed by atoms with van der Waals surface area (Å²) in [5.41, 5.74) is 7.47. The van der Waals surface area contributed by atoms with Gasteiger partial charge in [0.25, 0.3) is 0 Å². The Bertz CT molecular complexity index is 336. The van der Waals surface area contributed by atoms with Crippen molar-refractivity contribution in [2.75, 3.05) is 31.7 Å². The zero-order valence-electron chi connectivity index (χ0n) is 10.6. The first kappa shape index (κ1) is 12.8. The van der Waals surface area contributed by atoms with Crippen LogP contribution in [0.4, 0.5) is 11.5 Å². The minimum absolute atomic E-state index is 0.414. The molecule has 0 spiro atoms.